The molecule has 0 saturated carbocycles. The molecule has 2 rings (SSSR count). The van der Waals surface area contributed by atoms with Crippen molar-refractivity contribution >= 4 is 5.97 Å². The molecule has 0 spiro atoms. The third-order valence-corrected chi connectivity index (χ3v) is 3.28. The predicted molar refractivity (Wildman–Crippen MR) is 78.2 cm³/mol. The highest BCUT2D eigenvalue weighted by Gasteiger charge is 2.25. The second kappa shape index (κ2) is 5.37. The monoisotopic (exact) mass is 270 g/mol. The van der Waals surface area contributed by atoms with Crippen LogP contribution < -0.4 is 4.74 Å². The van der Waals surface area contributed by atoms with E-state index in [0.717, 1.165) is 5.56 Å². The van der Waals surface area contributed by atoms with Crippen LogP contribution in [0.3, 0.4) is 0 Å². The van der Waals surface area contributed by atoms with Crippen LogP contribution in [0.2, 0.25) is 0 Å². The van der Waals surface area contributed by atoms with Gasteiger partial charge in [0.05, 0.1) is 0 Å². The molecule has 0 atom stereocenters. The Morgan fingerprint density at radius 3 is 2.30 bits per heavy atom. The van der Waals surface area contributed by atoms with Gasteiger partial charge >= 0.3 is 5.97 Å². The van der Waals surface area contributed by atoms with E-state index in [2.05, 4.69) is 0 Å². The van der Waals surface area contributed by atoms with Gasteiger partial charge in [-0.15, -0.1) is 0 Å². The second-order valence-corrected chi connectivity index (χ2v) is 5.23. The van der Waals surface area contributed by atoms with Crippen LogP contribution >= 0.6 is 0 Å². The first kappa shape index (κ1) is 14.1. The quantitative estimate of drug-likeness (QED) is 0.913. The molecule has 0 aliphatic rings. The van der Waals surface area contributed by atoms with E-state index in [-0.39, 0.29) is 5.56 Å². The lowest BCUT2D eigenvalue weighted by Gasteiger charge is -2.28. The van der Waals surface area contributed by atoms with Gasteiger partial charge in [-0.2, -0.15) is 0 Å². The minimum atomic E-state index is -0.970. The molecule has 0 aliphatic heterocycles. The number of benzene rings is 2. The summed E-state index contributed by atoms with van der Waals surface area (Å²) in [4.78, 5) is 11.4. The summed E-state index contributed by atoms with van der Waals surface area (Å²) in [6, 6.07) is 15.0. The Hall–Kier alpha value is -2.29. The molecule has 3 heteroatoms. The highest BCUT2D eigenvalue weighted by molar-refractivity contribution is 5.92. The normalized spacial score (nSPS) is 11.2. The first-order chi connectivity index (χ1) is 9.42. The van der Waals surface area contributed by atoms with Crippen LogP contribution in [0.25, 0.3) is 0 Å². The zero-order chi connectivity index (χ0) is 14.8. The van der Waals surface area contributed by atoms with Crippen LogP contribution in [-0.4, -0.2) is 11.1 Å². The molecule has 2 aromatic rings. The van der Waals surface area contributed by atoms with Crippen LogP contribution in [0.5, 0.6) is 5.75 Å². The maximum absolute atomic E-state index is 11.4. The molecule has 0 fully saturated rings. The van der Waals surface area contributed by atoms with Crippen molar-refractivity contribution in [1.29, 1.82) is 0 Å². The molecule has 1 N–H and O–H groups in total. The van der Waals surface area contributed by atoms with Crippen molar-refractivity contribution in [2.75, 3.05) is 0 Å². The number of aromatic carboxylic acids is 1. The summed E-state index contributed by atoms with van der Waals surface area (Å²) in [7, 11) is 0. The zero-order valence-corrected chi connectivity index (χ0v) is 11.9. The van der Waals surface area contributed by atoms with E-state index in [1.165, 1.54) is 0 Å². The van der Waals surface area contributed by atoms with Crippen molar-refractivity contribution in [3.63, 3.8) is 0 Å². The van der Waals surface area contributed by atoms with Crippen molar-refractivity contribution in [3.05, 3.63) is 65.2 Å². The first-order valence-corrected chi connectivity index (χ1v) is 6.49. The highest BCUT2D eigenvalue weighted by atomic mass is 16.5. The van der Waals surface area contributed by atoms with Gasteiger partial charge in [0.15, 0.2) is 0 Å². The number of ether oxygens (including phenoxy) is 1. The number of carbonyl (C=O) groups is 1. The van der Waals surface area contributed by atoms with Gasteiger partial charge in [0, 0.05) is 0 Å². The van der Waals surface area contributed by atoms with Crippen LogP contribution in [0, 0.1) is 6.92 Å². The number of hydrogen-bond donors (Lipinski definition) is 1. The third kappa shape index (κ3) is 2.82. The summed E-state index contributed by atoms with van der Waals surface area (Å²) in [5.41, 5.74) is 1.31. The maximum atomic E-state index is 11.4. The topological polar surface area (TPSA) is 46.5 Å². The average molecular weight is 270 g/mol. The fourth-order valence-electron chi connectivity index (χ4n) is 2.17. The Kier molecular flexibility index (Phi) is 3.79. The number of carboxylic acid groups (broad SMARTS) is 1. The van der Waals surface area contributed by atoms with Gasteiger partial charge in [0.1, 0.15) is 16.9 Å². The van der Waals surface area contributed by atoms with Gasteiger partial charge in [0.25, 0.3) is 0 Å². The number of aryl methyl sites for hydroxylation is 1. The van der Waals surface area contributed by atoms with Gasteiger partial charge in [-0.05, 0) is 38.0 Å². The average Bonchev–Trinajstić information content (AvgIpc) is 2.39. The molecule has 0 amide bonds. The molecule has 3 nitrogen and oxygen atoms in total. The molecule has 0 aliphatic carbocycles. The lowest BCUT2D eigenvalue weighted by Crippen LogP contribution is -2.26. The van der Waals surface area contributed by atoms with E-state index < -0.39 is 11.6 Å². The summed E-state index contributed by atoms with van der Waals surface area (Å²) in [6.07, 6.45) is 0. The molecule has 20 heavy (non-hydrogen) atoms. The summed E-state index contributed by atoms with van der Waals surface area (Å²) < 4.78 is 5.98. The largest absolute Gasteiger partial charge is 0.482 e. The molecule has 0 aromatic heterocycles. The molecule has 2 aromatic carbocycles. The van der Waals surface area contributed by atoms with E-state index in [1.54, 1.807) is 25.1 Å². The fraction of sp³-hybridized carbons (Fsp3) is 0.235. The molecule has 104 valence electrons. The third-order valence-electron chi connectivity index (χ3n) is 3.28. The van der Waals surface area contributed by atoms with Gasteiger partial charge < -0.3 is 9.84 Å². The fourth-order valence-corrected chi connectivity index (χ4v) is 2.17. The standard InChI is InChI=1S/C17H18O3/c1-12-8-7-11-14(15(12)16(18)19)20-17(2,3)13-9-5-4-6-10-13/h4-11H,1-3H3,(H,18,19). The molecule has 0 unspecified atom stereocenters. The first-order valence-electron chi connectivity index (χ1n) is 6.49. The maximum Gasteiger partial charge on any atom is 0.339 e. The molecular formula is C17H18O3. The van der Waals surface area contributed by atoms with Crippen molar-refractivity contribution in [1.82, 2.24) is 0 Å². The van der Waals surface area contributed by atoms with Crippen molar-refractivity contribution < 1.29 is 14.6 Å². The van der Waals surface area contributed by atoms with E-state index in [9.17, 15) is 9.90 Å². The van der Waals surface area contributed by atoms with E-state index in [1.807, 2.05) is 44.2 Å². The van der Waals surface area contributed by atoms with Crippen LogP contribution in [-0.2, 0) is 5.60 Å². The van der Waals surface area contributed by atoms with Crippen molar-refractivity contribution in [2.24, 2.45) is 0 Å². The van der Waals surface area contributed by atoms with Gasteiger partial charge in [-0.3, -0.25) is 0 Å². The molecule has 0 saturated heterocycles. The summed E-state index contributed by atoms with van der Waals surface area (Å²) in [5.74, 6) is -0.576. The SMILES string of the molecule is Cc1cccc(OC(C)(C)c2ccccc2)c1C(=O)O. The molecule has 0 bridgehead atoms. The minimum absolute atomic E-state index is 0.219. The number of hydrogen-bond acceptors (Lipinski definition) is 2. The Morgan fingerprint density at radius 2 is 1.70 bits per heavy atom. The molecular weight excluding hydrogens is 252 g/mol. The van der Waals surface area contributed by atoms with E-state index in [4.69, 9.17) is 4.74 Å². The molecule has 0 heterocycles. The number of carboxylic acids is 1. The van der Waals surface area contributed by atoms with Gasteiger partial charge in [-0.1, -0.05) is 42.5 Å². The number of rotatable bonds is 4. The summed E-state index contributed by atoms with van der Waals surface area (Å²) in [5, 5.41) is 9.33. The molecule has 0 radical (unpaired) electrons. The Bertz CT molecular complexity index is 615. The lowest BCUT2D eigenvalue weighted by molar-refractivity contribution is 0.0671. The highest BCUT2D eigenvalue weighted by Crippen LogP contribution is 2.31. The minimum Gasteiger partial charge on any atom is -0.482 e. The Balaban J connectivity index is 2.40. The van der Waals surface area contributed by atoms with E-state index in [0.29, 0.717) is 11.3 Å². The van der Waals surface area contributed by atoms with Crippen molar-refractivity contribution in [3.8, 4) is 5.75 Å². The van der Waals surface area contributed by atoms with E-state index >= 15 is 0 Å². The van der Waals surface area contributed by atoms with Crippen LogP contribution in [0.4, 0.5) is 0 Å². The summed E-state index contributed by atoms with van der Waals surface area (Å²) >= 11 is 0. The Morgan fingerprint density at radius 1 is 1.05 bits per heavy atom. The van der Waals surface area contributed by atoms with Crippen LogP contribution in [0.1, 0.15) is 35.3 Å². The zero-order valence-electron chi connectivity index (χ0n) is 11.9. The lowest BCUT2D eigenvalue weighted by atomic mass is 9.97. The van der Waals surface area contributed by atoms with Gasteiger partial charge in [0.2, 0.25) is 0 Å². The summed E-state index contributed by atoms with van der Waals surface area (Å²) in [6.45, 7) is 5.62. The smallest absolute Gasteiger partial charge is 0.339 e. The second-order valence-electron chi connectivity index (χ2n) is 5.23. The predicted octanol–water partition coefficient (Wildman–Crippen LogP) is 4.01. The van der Waals surface area contributed by atoms with Crippen LogP contribution in [0.15, 0.2) is 48.5 Å². The van der Waals surface area contributed by atoms with Gasteiger partial charge in [-0.25, -0.2) is 4.79 Å². The Labute approximate surface area is 118 Å². The van der Waals surface area contributed by atoms with Crippen molar-refractivity contribution in [2.45, 2.75) is 26.4 Å².